The molecule has 0 saturated heterocycles. The topological polar surface area (TPSA) is 85.8 Å². The molecule has 0 radical (unpaired) electrons. The average Bonchev–Trinajstić information content (AvgIpc) is 3.19. The van der Waals surface area contributed by atoms with E-state index in [2.05, 4.69) is 20.6 Å². The molecule has 7 nitrogen and oxygen atoms in total. The van der Waals surface area contributed by atoms with Gasteiger partial charge >= 0.3 is 0 Å². The van der Waals surface area contributed by atoms with Crippen LogP contribution in [0.2, 0.25) is 15.1 Å². The molecule has 10 heteroatoms. The second-order valence-corrected chi connectivity index (χ2v) is 7.19. The smallest absolute Gasteiger partial charge is 0.292 e. The second kappa shape index (κ2) is 8.24. The average molecular weight is 449 g/mol. The third-order valence-electron chi connectivity index (χ3n) is 3.97. The Hall–Kier alpha value is -2.87. The Labute approximate surface area is 179 Å². The van der Waals surface area contributed by atoms with Crippen molar-refractivity contribution in [1.82, 2.24) is 19.9 Å². The molecule has 0 fully saturated rings. The highest BCUT2D eigenvalue weighted by molar-refractivity contribution is 6.33. The third-order valence-corrected chi connectivity index (χ3v) is 4.82. The van der Waals surface area contributed by atoms with Gasteiger partial charge in [-0.25, -0.2) is 0 Å². The van der Waals surface area contributed by atoms with Gasteiger partial charge in [0.2, 0.25) is 11.7 Å². The van der Waals surface area contributed by atoms with E-state index in [9.17, 15) is 4.79 Å². The van der Waals surface area contributed by atoms with Gasteiger partial charge in [0, 0.05) is 15.6 Å². The fourth-order valence-electron chi connectivity index (χ4n) is 2.56. The summed E-state index contributed by atoms with van der Waals surface area (Å²) in [5.74, 6) is 0.726. The summed E-state index contributed by atoms with van der Waals surface area (Å²) < 4.78 is 6.42. The van der Waals surface area contributed by atoms with E-state index in [1.165, 1.54) is 10.9 Å². The Morgan fingerprint density at radius 2 is 1.83 bits per heavy atom. The molecule has 0 unspecified atom stereocenters. The van der Waals surface area contributed by atoms with E-state index in [-0.39, 0.29) is 11.6 Å². The van der Waals surface area contributed by atoms with Gasteiger partial charge in [-0.05, 0) is 36.4 Å². The fourth-order valence-corrected chi connectivity index (χ4v) is 3.08. The van der Waals surface area contributed by atoms with Gasteiger partial charge in [0.15, 0.2) is 0 Å². The molecule has 2 aromatic heterocycles. The number of nitrogens with one attached hydrogen (secondary N) is 1. The number of halogens is 3. The van der Waals surface area contributed by atoms with Crippen molar-refractivity contribution >= 4 is 40.5 Å². The monoisotopic (exact) mass is 447 g/mol. The maximum absolute atomic E-state index is 12.5. The van der Waals surface area contributed by atoms with Gasteiger partial charge in [0.1, 0.15) is 5.02 Å². The Morgan fingerprint density at radius 3 is 2.59 bits per heavy atom. The van der Waals surface area contributed by atoms with E-state index < -0.39 is 5.56 Å². The summed E-state index contributed by atoms with van der Waals surface area (Å²) in [6, 6.07) is 13.8. The predicted molar refractivity (Wildman–Crippen MR) is 112 cm³/mol. The molecule has 0 spiro atoms. The number of nitrogens with zero attached hydrogens (tertiary/aromatic N) is 4. The van der Waals surface area contributed by atoms with Crippen LogP contribution in [0.25, 0.3) is 17.1 Å². The van der Waals surface area contributed by atoms with Crippen molar-refractivity contribution in [3.8, 4) is 17.1 Å². The summed E-state index contributed by atoms with van der Waals surface area (Å²) in [6.45, 7) is 0.166. The zero-order chi connectivity index (χ0) is 20.4. The fraction of sp³-hybridized carbons (Fsp3) is 0.0526. The SMILES string of the molecule is O=c1c(Cl)c(NCc2nc(-c3cccc(Cl)c3)no2)cnn1-c1ccc(Cl)cc1. The quantitative estimate of drug-likeness (QED) is 0.469. The van der Waals surface area contributed by atoms with Crippen molar-refractivity contribution in [2.45, 2.75) is 6.54 Å². The van der Waals surface area contributed by atoms with Gasteiger partial charge < -0.3 is 9.84 Å². The van der Waals surface area contributed by atoms with Crippen molar-refractivity contribution in [3.63, 3.8) is 0 Å². The molecule has 4 aromatic rings. The Kier molecular flexibility index (Phi) is 5.53. The van der Waals surface area contributed by atoms with Crippen LogP contribution < -0.4 is 10.9 Å². The third kappa shape index (κ3) is 4.27. The molecule has 146 valence electrons. The molecule has 0 aliphatic heterocycles. The van der Waals surface area contributed by atoms with Crippen molar-refractivity contribution in [3.05, 3.63) is 86.0 Å². The van der Waals surface area contributed by atoms with Crippen LogP contribution >= 0.6 is 34.8 Å². The minimum Gasteiger partial charge on any atom is -0.373 e. The molecule has 1 N–H and O–H groups in total. The summed E-state index contributed by atoms with van der Waals surface area (Å²) >= 11 is 18.1. The largest absolute Gasteiger partial charge is 0.373 e. The summed E-state index contributed by atoms with van der Waals surface area (Å²) in [5.41, 5.74) is 1.17. The van der Waals surface area contributed by atoms with E-state index in [0.717, 1.165) is 5.56 Å². The zero-order valence-electron chi connectivity index (χ0n) is 14.6. The molecule has 0 aliphatic rings. The van der Waals surface area contributed by atoms with Crippen LogP contribution in [0.1, 0.15) is 5.89 Å². The van der Waals surface area contributed by atoms with Crippen LogP contribution in [-0.4, -0.2) is 19.9 Å². The van der Waals surface area contributed by atoms with Gasteiger partial charge in [-0.15, -0.1) is 0 Å². The van der Waals surface area contributed by atoms with Crippen LogP contribution in [-0.2, 0) is 6.54 Å². The maximum Gasteiger partial charge on any atom is 0.292 e. The second-order valence-electron chi connectivity index (χ2n) is 5.94. The molecule has 0 bridgehead atoms. The molecule has 0 atom stereocenters. The van der Waals surface area contributed by atoms with E-state index in [1.807, 2.05) is 6.07 Å². The number of benzene rings is 2. The van der Waals surface area contributed by atoms with Gasteiger partial charge in [0.25, 0.3) is 5.56 Å². The lowest BCUT2D eigenvalue weighted by Gasteiger charge is -2.09. The lowest BCUT2D eigenvalue weighted by atomic mass is 10.2. The highest BCUT2D eigenvalue weighted by Gasteiger charge is 2.13. The Morgan fingerprint density at radius 1 is 1.03 bits per heavy atom. The first-order chi connectivity index (χ1) is 14.0. The van der Waals surface area contributed by atoms with E-state index >= 15 is 0 Å². The highest BCUT2D eigenvalue weighted by atomic mass is 35.5. The zero-order valence-corrected chi connectivity index (χ0v) is 16.9. The van der Waals surface area contributed by atoms with Crippen LogP contribution in [0.4, 0.5) is 5.69 Å². The summed E-state index contributed by atoms with van der Waals surface area (Å²) in [5, 5.41) is 12.2. The minimum atomic E-state index is -0.468. The molecule has 0 aliphatic carbocycles. The van der Waals surface area contributed by atoms with Gasteiger partial charge in [-0.2, -0.15) is 14.8 Å². The summed E-state index contributed by atoms with van der Waals surface area (Å²) in [4.78, 5) is 16.8. The standard InChI is InChI=1S/C19H12Cl3N5O2/c20-12-4-6-14(7-5-12)27-19(28)17(22)15(9-24-27)23-10-16-25-18(26-29-16)11-2-1-3-13(21)8-11/h1-9,23H,10H2. The van der Waals surface area contributed by atoms with Gasteiger partial charge in [-0.3, -0.25) is 4.79 Å². The molecule has 0 amide bonds. The molecular weight excluding hydrogens is 437 g/mol. The lowest BCUT2D eigenvalue weighted by Crippen LogP contribution is -2.22. The number of anilines is 1. The minimum absolute atomic E-state index is 0.00969. The molecule has 2 aromatic carbocycles. The van der Waals surface area contributed by atoms with Crippen molar-refractivity contribution in [2.24, 2.45) is 0 Å². The van der Waals surface area contributed by atoms with E-state index in [4.69, 9.17) is 39.3 Å². The Bertz CT molecular complexity index is 1220. The van der Waals surface area contributed by atoms with Gasteiger partial charge in [-0.1, -0.05) is 52.1 Å². The maximum atomic E-state index is 12.5. The normalized spacial score (nSPS) is 10.9. The highest BCUT2D eigenvalue weighted by Crippen LogP contribution is 2.21. The van der Waals surface area contributed by atoms with Crippen molar-refractivity contribution < 1.29 is 4.52 Å². The number of rotatable bonds is 5. The van der Waals surface area contributed by atoms with Crippen LogP contribution in [0.15, 0.2) is 64.0 Å². The lowest BCUT2D eigenvalue weighted by molar-refractivity contribution is 0.384. The molecular formula is C19H12Cl3N5O2. The van der Waals surface area contributed by atoms with Crippen molar-refractivity contribution in [1.29, 1.82) is 0 Å². The van der Waals surface area contributed by atoms with Crippen LogP contribution in [0, 0.1) is 0 Å². The summed E-state index contributed by atoms with van der Waals surface area (Å²) in [6.07, 6.45) is 1.45. The first kappa shape index (κ1) is 19.4. The van der Waals surface area contributed by atoms with Crippen molar-refractivity contribution in [2.75, 3.05) is 5.32 Å². The number of aromatic nitrogens is 4. The molecule has 29 heavy (non-hydrogen) atoms. The van der Waals surface area contributed by atoms with Crippen LogP contribution in [0.5, 0.6) is 0 Å². The summed E-state index contributed by atoms with van der Waals surface area (Å²) in [7, 11) is 0. The first-order valence-electron chi connectivity index (χ1n) is 8.37. The van der Waals surface area contributed by atoms with Gasteiger partial charge in [0.05, 0.1) is 24.1 Å². The Balaban J connectivity index is 1.51. The van der Waals surface area contributed by atoms with E-state index in [1.54, 1.807) is 42.5 Å². The predicted octanol–water partition coefficient (Wildman–Crippen LogP) is 4.85. The molecule has 4 rings (SSSR count). The molecule has 2 heterocycles. The number of hydrogen-bond acceptors (Lipinski definition) is 6. The molecule has 0 saturated carbocycles. The first-order valence-corrected chi connectivity index (χ1v) is 9.51. The number of hydrogen-bond donors (Lipinski definition) is 1. The van der Waals surface area contributed by atoms with E-state index in [0.29, 0.717) is 33.1 Å². The van der Waals surface area contributed by atoms with Crippen LogP contribution in [0.3, 0.4) is 0 Å².